The van der Waals surface area contributed by atoms with Crippen molar-refractivity contribution in [1.29, 1.82) is 0 Å². The fraction of sp³-hybridized carbons (Fsp3) is 0.519. The summed E-state index contributed by atoms with van der Waals surface area (Å²) in [7, 11) is 0. The van der Waals surface area contributed by atoms with Crippen molar-refractivity contribution >= 4 is 52.0 Å². The lowest BCUT2D eigenvalue weighted by Crippen LogP contribution is -2.57. The zero-order valence-electron chi connectivity index (χ0n) is 21.0. The topological polar surface area (TPSA) is 99.8 Å². The Labute approximate surface area is 230 Å². The second-order valence-electron chi connectivity index (χ2n) is 10.2. The van der Waals surface area contributed by atoms with Gasteiger partial charge in [0.25, 0.3) is 11.8 Å². The second kappa shape index (κ2) is 12.1. The number of carbonyl (C=O) groups excluding carboxylic acids is 3. The molecule has 0 spiro atoms. The summed E-state index contributed by atoms with van der Waals surface area (Å²) in [6.07, 6.45) is 6.87. The number of nitrogens with one attached hydrogen (secondary N) is 3. The third kappa shape index (κ3) is 6.20. The molecule has 1 aromatic carbocycles. The highest BCUT2D eigenvalue weighted by Crippen LogP contribution is 2.40. The van der Waals surface area contributed by atoms with Gasteiger partial charge < -0.3 is 25.6 Å². The third-order valence-corrected chi connectivity index (χ3v) is 9.03. The maximum Gasteiger partial charge on any atom is 0.261 e. The molecule has 1 saturated heterocycles. The molecule has 2 heterocycles. The van der Waals surface area contributed by atoms with Crippen LogP contribution in [0.3, 0.4) is 0 Å². The second-order valence-corrected chi connectivity index (χ2v) is 11.9. The monoisotopic (exact) mass is 562 g/mol. The van der Waals surface area contributed by atoms with Crippen LogP contribution in [-0.4, -0.2) is 56.1 Å². The first-order chi connectivity index (χ1) is 18.4. The molecule has 1 aromatic heterocycles. The van der Waals surface area contributed by atoms with E-state index in [0.29, 0.717) is 39.9 Å². The molecule has 3 amide bonds. The van der Waals surface area contributed by atoms with Crippen LogP contribution >= 0.6 is 22.9 Å². The molecule has 2 aromatic rings. The molecule has 3 N–H and O–H groups in total. The molecule has 0 unspecified atom stereocenters. The third-order valence-electron chi connectivity index (χ3n) is 7.80. The first kappa shape index (κ1) is 27.1. The summed E-state index contributed by atoms with van der Waals surface area (Å²) in [5, 5.41) is 9.09. The van der Waals surface area contributed by atoms with Gasteiger partial charge in [0.05, 0.1) is 21.5 Å². The molecule has 3 fully saturated rings. The van der Waals surface area contributed by atoms with Crippen LogP contribution in [0.1, 0.15) is 48.2 Å². The maximum atomic E-state index is 15.1. The van der Waals surface area contributed by atoms with Crippen molar-refractivity contribution in [2.24, 2.45) is 11.8 Å². The Hall–Kier alpha value is -2.53. The fourth-order valence-corrected chi connectivity index (χ4v) is 6.18. The molecule has 38 heavy (non-hydrogen) atoms. The van der Waals surface area contributed by atoms with Crippen LogP contribution in [0.15, 0.2) is 30.3 Å². The highest BCUT2D eigenvalue weighted by molar-refractivity contribution is 7.18. The SMILES string of the molecule is O=C(NC[C@H](NC(C1CCC1)C1CCC1)C(=O)Nc1ccc(N2CCOCC2=O)cc1F)c1ccc(Cl)s1. The highest BCUT2D eigenvalue weighted by Gasteiger charge is 2.38. The van der Waals surface area contributed by atoms with E-state index in [-0.39, 0.29) is 36.7 Å². The minimum atomic E-state index is -0.750. The number of hydrogen-bond donors (Lipinski definition) is 3. The van der Waals surface area contributed by atoms with E-state index >= 15 is 4.39 Å². The first-order valence-electron chi connectivity index (χ1n) is 13.2. The first-order valence-corrected chi connectivity index (χ1v) is 14.4. The van der Waals surface area contributed by atoms with Crippen molar-refractivity contribution in [3.05, 3.63) is 45.4 Å². The number of anilines is 2. The zero-order chi connectivity index (χ0) is 26.6. The van der Waals surface area contributed by atoms with Gasteiger partial charge in [-0.05, 0) is 67.9 Å². The smallest absolute Gasteiger partial charge is 0.261 e. The van der Waals surface area contributed by atoms with Crippen molar-refractivity contribution < 1.29 is 23.5 Å². The van der Waals surface area contributed by atoms with Gasteiger partial charge >= 0.3 is 0 Å². The average Bonchev–Trinajstić information content (AvgIpc) is 3.27. The summed E-state index contributed by atoms with van der Waals surface area (Å²) in [5.74, 6) is -0.601. The van der Waals surface area contributed by atoms with Gasteiger partial charge in [0, 0.05) is 24.8 Å². The van der Waals surface area contributed by atoms with Gasteiger partial charge in [0.15, 0.2) is 0 Å². The Morgan fingerprint density at radius 2 is 1.87 bits per heavy atom. The van der Waals surface area contributed by atoms with Gasteiger partial charge in [-0.1, -0.05) is 24.4 Å². The van der Waals surface area contributed by atoms with E-state index in [1.165, 1.54) is 41.2 Å². The minimum Gasteiger partial charge on any atom is -0.370 e. The predicted molar refractivity (Wildman–Crippen MR) is 145 cm³/mol. The van der Waals surface area contributed by atoms with Gasteiger partial charge in [-0.25, -0.2) is 4.39 Å². The normalized spacial score (nSPS) is 19.1. The Morgan fingerprint density at radius 3 is 2.45 bits per heavy atom. The Balaban J connectivity index is 1.29. The van der Waals surface area contributed by atoms with Crippen molar-refractivity contribution in [1.82, 2.24) is 10.6 Å². The molecule has 204 valence electrons. The lowest BCUT2D eigenvalue weighted by Gasteiger charge is -2.44. The predicted octanol–water partition coefficient (Wildman–Crippen LogP) is 4.20. The van der Waals surface area contributed by atoms with Crippen molar-refractivity contribution in [3.8, 4) is 0 Å². The Morgan fingerprint density at radius 1 is 1.13 bits per heavy atom. The lowest BCUT2D eigenvalue weighted by atomic mass is 9.68. The van der Waals surface area contributed by atoms with Crippen LogP contribution in [0.5, 0.6) is 0 Å². The summed E-state index contributed by atoms with van der Waals surface area (Å²) in [6, 6.07) is 7.05. The highest BCUT2D eigenvalue weighted by atomic mass is 35.5. The van der Waals surface area contributed by atoms with E-state index in [0.717, 1.165) is 25.7 Å². The Kier molecular flexibility index (Phi) is 8.62. The standard InChI is InChI=1S/C27H32ClFN4O4S/c28-23-10-9-22(38-23)27(36)30-14-21(31-25(16-3-1-4-16)17-5-2-6-17)26(35)32-20-8-7-18(13-19(20)29)33-11-12-37-15-24(33)34/h7-10,13,16-17,21,25,31H,1-6,11-12,14-15H2,(H,30,36)(H,32,35)/t21-/m0/s1. The van der Waals surface area contributed by atoms with Gasteiger partial charge in [-0.3, -0.25) is 14.4 Å². The molecule has 2 saturated carbocycles. The van der Waals surface area contributed by atoms with Crippen LogP contribution in [0.4, 0.5) is 15.8 Å². The number of halogens is 2. The van der Waals surface area contributed by atoms with Crippen LogP contribution in [0.25, 0.3) is 0 Å². The number of nitrogens with zero attached hydrogens (tertiary/aromatic N) is 1. The van der Waals surface area contributed by atoms with Crippen LogP contribution in [0, 0.1) is 17.7 Å². The van der Waals surface area contributed by atoms with Crippen LogP contribution < -0.4 is 20.9 Å². The molecule has 5 rings (SSSR count). The maximum absolute atomic E-state index is 15.1. The molecular formula is C27H32ClFN4O4S. The number of hydrogen-bond acceptors (Lipinski definition) is 6. The fourth-order valence-electron chi connectivity index (χ4n) is 5.22. The molecule has 11 heteroatoms. The van der Waals surface area contributed by atoms with E-state index in [1.807, 2.05) is 0 Å². The number of thiophene rings is 1. The van der Waals surface area contributed by atoms with Gasteiger partial charge in [-0.2, -0.15) is 0 Å². The zero-order valence-corrected chi connectivity index (χ0v) is 22.6. The number of carbonyl (C=O) groups is 3. The van der Waals surface area contributed by atoms with E-state index in [1.54, 1.807) is 18.2 Å². The number of benzene rings is 1. The van der Waals surface area contributed by atoms with Gasteiger partial charge in [-0.15, -0.1) is 11.3 Å². The van der Waals surface area contributed by atoms with Gasteiger partial charge in [0.2, 0.25) is 5.91 Å². The molecule has 0 bridgehead atoms. The minimum absolute atomic E-state index is 0.0199. The summed E-state index contributed by atoms with van der Waals surface area (Å²) >= 11 is 7.14. The Bertz CT molecular complexity index is 1170. The lowest BCUT2D eigenvalue weighted by molar-refractivity contribution is -0.125. The number of rotatable bonds is 10. The molecule has 8 nitrogen and oxygen atoms in total. The molecule has 2 aliphatic carbocycles. The van der Waals surface area contributed by atoms with E-state index in [2.05, 4.69) is 16.0 Å². The summed E-state index contributed by atoms with van der Waals surface area (Å²) in [5.41, 5.74) is 0.437. The molecule has 1 atom stereocenters. The van der Waals surface area contributed by atoms with E-state index in [4.69, 9.17) is 16.3 Å². The van der Waals surface area contributed by atoms with E-state index in [9.17, 15) is 14.4 Å². The average molecular weight is 563 g/mol. The van der Waals surface area contributed by atoms with Crippen molar-refractivity contribution in [2.75, 3.05) is 36.5 Å². The number of amides is 3. The van der Waals surface area contributed by atoms with Crippen LogP contribution in [-0.2, 0) is 14.3 Å². The number of morpholine rings is 1. The van der Waals surface area contributed by atoms with Crippen LogP contribution in [0.2, 0.25) is 4.34 Å². The summed E-state index contributed by atoms with van der Waals surface area (Å²) in [6.45, 7) is 0.735. The molecular weight excluding hydrogens is 531 g/mol. The number of ether oxygens (including phenoxy) is 1. The quantitative estimate of drug-likeness (QED) is 0.403. The van der Waals surface area contributed by atoms with Crippen molar-refractivity contribution in [2.45, 2.75) is 50.6 Å². The summed E-state index contributed by atoms with van der Waals surface area (Å²) < 4.78 is 20.7. The molecule has 1 aliphatic heterocycles. The van der Waals surface area contributed by atoms with Crippen molar-refractivity contribution in [3.63, 3.8) is 0 Å². The molecule has 0 radical (unpaired) electrons. The largest absolute Gasteiger partial charge is 0.370 e. The molecule has 3 aliphatic rings. The summed E-state index contributed by atoms with van der Waals surface area (Å²) in [4.78, 5) is 40.2. The van der Waals surface area contributed by atoms with Gasteiger partial charge in [0.1, 0.15) is 18.5 Å². The van der Waals surface area contributed by atoms with E-state index < -0.39 is 17.8 Å².